The van der Waals surface area contributed by atoms with Crippen LogP contribution >= 0.6 is 23.5 Å². The third-order valence-corrected chi connectivity index (χ3v) is 4.10. The van der Waals surface area contributed by atoms with Crippen LogP contribution in [-0.2, 0) is 5.75 Å². The summed E-state index contributed by atoms with van der Waals surface area (Å²) in [5.41, 5.74) is 3.19. The van der Waals surface area contributed by atoms with Crippen LogP contribution in [0.15, 0.2) is 42.3 Å². The van der Waals surface area contributed by atoms with E-state index in [1.54, 1.807) is 11.8 Å². The van der Waals surface area contributed by atoms with E-state index in [1.165, 1.54) is 5.56 Å². The van der Waals surface area contributed by atoms with Crippen LogP contribution in [0.2, 0.25) is 0 Å². The maximum Gasteiger partial charge on any atom is 0.0625 e. The molecule has 0 aromatic heterocycles. The number of benzene rings is 1. The topological polar surface area (TPSA) is 47.9 Å². The van der Waals surface area contributed by atoms with Gasteiger partial charge in [0, 0.05) is 31.0 Å². The van der Waals surface area contributed by atoms with Gasteiger partial charge >= 0.3 is 0 Å². The Labute approximate surface area is 136 Å². The quantitative estimate of drug-likeness (QED) is 0.504. The molecule has 0 spiro atoms. The van der Waals surface area contributed by atoms with Crippen molar-refractivity contribution >= 4 is 29.2 Å². The van der Waals surface area contributed by atoms with Crippen LogP contribution in [0.1, 0.15) is 24.0 Å². The summed E-state index contributed by atoms with van der Waals surface area (Å²) in [5.74, 6) is 0.876. The molecular formula is C16H20ClN3S. The van der Waals surface area contributed by atoms with Crippen LogP contribution in [0.25, 0.3) is 5.70 Å². The van der Waals surface area contributed by atoms with E-state index in [0.29, 0.717) is 13.0 Å². The molecule has 0 aliphatic carbocycles. The van der Waals surface area contributed by atoms with Gasteiger partial charge in [0.1, 0.15) is 0 Å². The zero-order valence-electron chi connectivity index (χ0n) is 12.0. The van der Waals surface area contributed by atoms with E-state index in [9.17, 15) is 0 Å². The lowest BCUT2D eigenvalue weighted by molar-refractivity contribution is 0.819. The highest BCUT2D eigenvalue weighted by Crippen LogP contribution is 2.24. The van der Waals surface area contributed by atoms with Gasteiger partial charge in [-0.1, -0.05) is 37.4 Å². The minimum absolute atomic E-state index is 0.535. The molecule has 21 heavy (non-hydrogen) atoms. The third kappa shape index (κ3) is 7.24. The van der Waals surface area contributed by atoms with Crippen molar-refractivity contribution in [2.24, 2.45) is 0 Å². The van der Waals surface area contributed by atoms with Crippen molar-refractivity contribution in [3.63, 3.8) is 0 Å². The van der Waals surface area contributed by atoms with E-state index in [1.807, 2.05) is 0 Å². The summed E-state index contributed by atoms with van der Waals surface area (Å²) < 4.78 is 0. The van der Waals surface area contributed by atoms with Crippen molar-refractivity contribution in [2.75, 3.05) is 13.1 Å². The SMILES string of the molecule is C=C(CCC#N)SCc1ccc(C(=C)NCCNCl)cc1. The van der Waals surface area contributed by atoms with Gasteiger partial charge in [-0.2, -0.15) is 5.26 Å². The molecule has 112 valence electrons. The smallest absolute Gasteiger partial charge is 0.0625 e. The normalized spacial score (nSPS) is 9.90. The van der Waals surface area contributed by atoms with Gasteiger partial charge in [0.25, 0.3) is 0 Å². The number of hydrogen-bond acceptors (Lipinski definition) is 4. The number of hydrogen-bond donors (Lipinski definition) is 2. The molecule has 5 heteroatoms. The third-order valence-electron chi connectivity index (χ3n) is 2.82. The summed E-state index contributed by atoms with van der Waals surface area (Å²) in [6.07, 6.45) is 1.29. The Morgan fingerprint density at radius 1 is 1.24 bits per heavy atom. The highest BCUT2D eigenvalue weighted by molar-refractivity contribution is 8.02. The Morgan fingerprint density at radius 2 is 1.95 bits per heavy atom. The van der Waals surface area contributed by atoms with Crippen molar-refractivity contribution in [1.82, 2.24) is 10.2 Å². The average Bonchev–Trinajstić information content (AvgIpc) is 2.51. The van der Waals surface area contributed by atoms with Crippen LogP contribution in [0.4, 0.5) is 0 Å². The van der Waals surface area contributed by atoms with Crippen LogP contribution in [0.3, 0.4) is 0 Å². The molecule has 0 unspecified atom stereocenters. The Balaban J connectivity index is 2.41. The lowest BCUT2D eigenvalue weighted by Gasteiger charge is -2.10. The molecule has 1 aromatic carbocycles. The van der Waals surface area contributed by atoms with Gasteiger partial charge in [-0.3, -0.25) is 0 Å². The second-order valence-electron chi connectivity index (χ2n) is 4.47. The van der Waals surface area contributed by atoms with Crippen LogP contribution < -0.4 is 10.2 Å². The molecule has 0 radical (unpaired) electrons. The number of rotatable bonds is 10. The fourth-order valence-electron chi connectivity index (χ4n) is 1.62. The number of halogens is 1. The molecule has 1 rings (SSSR count). The second-order valence-corrected chi connectivity index (χ2v) is 5.89. The first-order valence-corrected chi connectivity index (χ1v) is 8.07. The second kappa shape index (κ2) is 10.3. The molecule has 0 heterocycles. The maximum atomic E-state index is 8.53. The molecule has 0 aliphatic heterocycles. The molecule has 0 saturated carbocycles. The van der Waals surface area contributed by atoms with E-state index in [-0.39, 0.29) is 0 Å². The van der Waals surface area contributed by atoms with E-state index < -0.39 is 0 Å². The van der Waals surface area contributed by atoms with Crippen LogP contribution in [0.5, 0.6) is 0 Å². The summed E-state index contributed by atoms with van der Waals surface area (Å²) in [7, 11) is 0. The monoisotopic (exact) mass is 321 g/mol. The first-order valence-electron chi connectivity index (χ1n) is 6.70. The van der Waals surface area contributed by atoms with Crippen molar-refractivity contribution < 1.29 is 0 Å². The molecule has 3 nitrogen and oxygen atoms in total. The molecule has 0 saturated heterocycles. The summed E-state index contributed by atoms with van der Waals surface area (Å²) in [5, 5.41) is 11.7. The largest absolute Gasteiger partial charge is 0.384 e. The highest BCUT2D eigenvalue weighted by Gasteiger charge is 2.01. The maximum absolute atomic E-state index is 8.53. The lowest BCUT2D eigenvalue weighted by atomic mass is 10.1. The molecular weight excluding hydrogens is 302 g/mol. The molecule has 1 aromatic rings. The predicted octanol–water partition coefficient (Wildman–Crippen LogP) is 4.04. The van der Waals surface area contributed by atoms with Gasteiger partial charge in [-0.25, -0.2) is 4.84 Å². The van der Waals surface area contributed by atoms with E-state index >= 15 is 0 Å². The van der Waals surface area contributed by atoms with Gasteiger partial charge in [0.05, 0.1) is 6.07 Å². The summed E-state index contributed by atoms with van der Waals surface area (Å²) in [6.45, 7) is 9.38. The number of nitrogens with one attached hydrogen (secondary N) is 2. The molecule has 0 amide bonds. The first kappa shape index (κ1) is 17.6. The Kier molecular flexibility index (Phi) is 8.68. The lowest BCUT2D eigenvalue weighted by Crippen LogP contribution is -2.21. The van der Waals surface area contributed by atoms with Crippen molar-refractivity contribution in [3.8, 4) is 6.07 Å². The predicted molar refractivity (Wildman–Crippen MR) is 92.6 cm³/mol. The Bertz CT molecular complexity index is 505. The minimum atomic E-state index is 0.535. The van der Waals surface area contributed by atoms with Gasteiger partial charge in [-0.15, -0.1) is 11.8 Å². The van der Waals surface area contributed by atoms with Crippen molar-refractivity contribution in [1.29, 1.82) is 5.26 Å². The number of nitriles is 1. The molecule has 0 bridgehead atoms. The van der Waals surface area contributed by atoms with Gasteiger partial charge in [0.15, 0.2) is 0 Å². The summed E-state index contributed by atoms with van der Waals surface area (Å²) in [4.78, 5) is 3.62. The zero-order chi connectivity index (χ0) is 15.5. The Hall–Kier alpha value is -1.41. The standard InChI is InChI=1S/C16H20ClN3S/c1-13(4-3-9-18)21-12-15-5-7-16(8-6-15)14(2)19-10-11-20-17/h5-8,19-20H,1-4,10-12H2. The van der Waals surface area contributed by atoms with Crippen molar-refractivity contribution in [2.45, 2.75) is 18.6 Å². The Morgan fingerprint density at radius 3 is 2.57 bits per heavy atom. The number of allylic oxidation sites excluding steroid dienone is 1. The number of thioether (sulfide) groups is 1. The van der Waals surface area contributed by atoms with Gasteiger partial charge in [-0.05, 0) is 34.2 Å². The van der Waals surface area contributed by atoms with Gasteiger partial charge < -0.3 is 5.32 Å². The van der Waals surface area contributed by atoms with E-state index in [0.717, 1.165) is 34.9 Å². The fraction of sp³-hybridized carbons (Fsp3) is 0.312. The number of nitrogens with zero attached hydrogens (tertiary/aromatic N) is 1. The average molecular weight is 322 g/mol. The molecule has 0 fully saturated rings. The summed E-state index contributed by atoms with van der Waals surface area (Å²) >= 11 is 7.09. The zero-order valence-corrected chi connectivity index (χ0v) is 13.6. The molecule has 0 atom stereocenters. The fourth-order valence-corrected chi connectivity index (χ4v) is 2.52. The molecule has 0 aliphatic rings. The summed E-state index contributed by atoms with van der Waals surface area (Å²) in [6, 6.07) is 10.4. The highest BCUT2D eigenvalue weighted by atomic mass is 35.5. The van der Waals surface area contributed by atoms with Crippen LogP contribution in [-0.4, -0.2) is 13.1 Å². The molecule has 2 N–H and O–H groups in total. The first-order chi connectivity index (χ1) is 10.2. The van der Waals surface area contributed by atoms with Crippen LogP contribution in [0, 0.1) is 11.3 Å². The van der Waals surface area contributed by atoms with Crippen molar-refractivity contribution in [3.05, 3.63) is 53.5 Å². The van der Waals surface area contributed by atoms with E-state index in [2.05, 4.69) is 53.6 Å². The van der Waals surface area contributed by atoms with E-state index in [4.69, 9.17) is 17.0 Å². The van der Waals surface area contributed by atoms with Gasteiger partial charge in [0.2, 0.25) is 0 Å². The minimum Gasteiger partial charge on any atom is -0.384 e.